The molecule has 0 saturated carbocycles. The second kappa shape index (κ2) is 7.11. The van der Waals surface area contributed by atoms with Crippen LogP contribution in [0, 0.1) is 0 Å². The van der Waals surface area contributed by atoms with Crippen LogP contribution in [0.5, 0.6) is 11.5 Å². The van der Waals surface area contributed by atoms with Crippen molar-refractivity contribution < 1.29 is 9.47 Å². The van der Waals surface area contributed by atoms with E-state index in [1.54, 1.807) is 7.11 Å². The van der Waals surface area contributed by atoms with Gasteiger partial charge in [0.1, 0.15) is 11.5 Å². The fourth-order valence-electron chi connectivity index (χ4n) is 2.31. The molecule has 21 heavy (non-hydrogen) atoms. The Balaban J connectivity index is 2.37. The van der Waals surface area contributed by atoms with Crippen LogP contribution in [0.1, 0.15) is 31.0 Å². The molecule has 4 nitrogen and oxygen atoms in total. The van der Waals surface area contributed by atoms with Gasteiger partial charge >= 0.3 is 0 Å². The van der Waals surface area contributed by atoms with Crippen molar-refractivity contribution in [1.82, 2.24) is 5.43 Å². The predicted octanol–water partition coefficient (Wildman–Crippen LogP) is 3.04. The van der Waals surface area contributed by atoms with Gasteiger partial charge in [-0.2, -0.15) is 0 Å². The normalized spacial score (nSPS) is 12.2. The van der Waals surface area contributed by atoms with E-state index in [1.807, 2.05) is 62.4 Å². The third kappa shape index (κ3) is 3.74. The van der Waals surface area contributed by atoms with Gasteiger partial charge in [-0.3, -0.25) is 5.84 Å². The van der Waals surface area contributed by atoms with E-state index in [-0.39, 0.29) is 12.1 Å². The van der Waals surface area contributed by atoms with Crippen molar-refractivity contribution in [1.29, 1.82) is 0 Å². The van der Waals surface area contributed by atoms with Crippen LogP contribution in [0.3, 0.4) is 0 Å². The summed E-state index contributed by atoms with van der Waals surface area (Å²) in [5, 5.41) is 0. The van der Waals surface area contributed by atoms with Crippen LogP contribution in [0.25, 0.3) is 0 Å². The molecule has 1 atom stereocenters. The first-order valence-electron chi connectivity index (χ1n) is 7.01. The fraction of sp³-hybridized carbons (Fsp3) is 0.294. The van der Waals surface area contributed by atoms with Crippen molar-refractivity contribution in [3.63, 3.8) is 0 Å². The van der Waals surface area contributed by atoms with E-state index in [1.165, 1.54) is 0 Å². The zero-order valence-corrected chi connectivity index (χ0v) is 12.7. The molecule has 0 bridgehead atoms. The molecule has 0 aliphatic carbocycles. The zero-order valence-electron chi connectivity index (χ0n) is 12.7. The summed E-state index contributed by atoms with van der Waals surface area (Å²) in [6.45, 7) is 4.01. The summed E-state index contributed by atoms with van der Waals surface area (Å²) in [7, 11) is 1.66. The number of rotatable bonds is 6. The summed E-state index contributed by atoms with van der Waals surface area (Å²) in [5.74, 6) is 7.40. The minimum atomic E-state index is -0.156. The molecule has 0 amide bonds. The second-order valence-electron chi connectivity index (χ2n) is 5.08. The Bertz CT molecular complexity index is 585. The van der Waals surface area contributed by atoms with E-state index in [2.05, 4.69) is 5.43 Å². The maximum atomic E-state index is 5.77. The van der Waals surface area contributed by atoms with Crippen LogP contribution >= 0.6 is 0 Å². The van der Waals surface area contributed by atoms with Crippen LogP contribution in [0.15, 0.2) is 48.5 Å². The molecule has 0 heterocycles. The first-order valence-corrected chi connectivity index (χ1v) is 7.01. The van der Waals surface area contributed by atoms with Gasteiger partial charge in [0.05, 0.1) is 19.3 Å². The molecule has 0 aliphatic rings. The Hall–Kier alpha value is -2.04. The number of hydrazine groups is 1. The van der Waals surface area contributed by atoms with Crippen molar-refractivity contribution in [2.45, 2.75) is 26.0 Å². The summed E-state index contributed by atoms with van der Waals surface area (Å²) in [5.41, 5.74) is 4.87. The van der Waals surface area contributed by atoms with E-state index < -0.39 is 0 Å². The molecular weight excluding hydrogens is 264 g/mol. The molecule has 0 saturated heterocycles. The Labute approximate surface area is 125 Å². The largest absolute Gasteiger partial charge is 0.496 e. The average molecular weight is 286 g/mol. The number of hydrogen-bond donors (Lipinski definition) is 2. The molecular formula is C17H22N2O2. The van der Waals surface area contributed by atoms with E-state index in [0.29, 0.717) is 0 Å². The molecule has 0 radical (unpaired) electrons. The standard InChI is InChI=1S/C17H22N2O2/c1-12(2)21-14-8-6-7-13(11-14)17(19-18)15-9-4-5-10-16(15)20-3/h4-12,17,19H,18H2,1-3H3. The van der Waals surface area contributed by atoms with Gasteiger partial charge in [-0.1, -0.05) is 30.3 Å². The molecule has 4 heteroatoms. The number of nitrogens with two attached hydrogens (primary N) is 1. The minimum absolute atomic E-state index is 0.135. The third-order valence-electron chi connectivity index (χ3n) is 3.18. The SMILES string of the molecule is COc1ccccc1C(NN)c1cccc(OC(C)C)c1. The van der Waals surface area contributed by atoms with Crippen molar-refractivity contribution >= 4 is 0 Å². The van der Waals surface area contributed by atoms with Crippen molar-refractivity contribution in [2.24, 2.45) is 5.84 Å². The van der Waals surface area contributed by atoms with E-state index in [9.17, 15) is 0 Å². The maximum absolute atomic E-state index is 5.77. The number of nitrogens with one attached hydrogen (secondary N) is 1. The van der Waals surface area contributed by atoms with E-state index >= 15 is 0 Å². The molecule has 0 fully saturated rings. The highest BCUT2D eigenvalue weighted by Crippen LogP contribution is 2.30. The fourth-order valence-corrected chi connectivity index (χ4v) is 2.31. The highest BCUT2D eigenvalue weighted by Gasteiger charge is 2.17. The molecule has 0 spiro atoms. The molecule has 0 aliphatic heterocycles. The lowest BCUT2D eigenvalue weighted by Crippen LogP contribution is -2.29. The number of methoxy groups -OCH3 is 1. The van der Waals surface area contributed by atoms with E-state index in [4.69, 9.17) is 15.3 Å². The van der Waals surface area contributed by atoms with Gasteiger partial charge in [0, 0.05) is 5.56 Å². The Morgan fingerprint density at radius 2 is 1.81 bits per heavy atom. The van der Waals surface area contributed by atoms with Gasteiger partial charge in [0.15, 0.2) is 0 Å². The van der Waals surface area contributed by atoms with Gasteiger partial charge in [-0.25, -0.2) is 5.43 Å². The van der Waals surface area contributed by atoms with Crippen LogP contribution in [0.4, 0.5) is 0 Å². The Morgan fingerprint density at radius 1 is 1.05 bits per heavy atom. The number of benzene rings is 2. The Morgan fingerprint density at radius 3 is 2.48 bits per heavy atom. The summed E-state index contributed by atoms with van der Waals surface area (Å²) in [4.78, 5) is 0. The van der Waals surface area contributed by atoms with Crippen LogP contribution < -0.4 is 20.7 Å². The van der Waals surface area contributed by atoms with Crippen LogP contribution in [-0.4, -0.2) is 13.2 Å². The number of hydrogen-bond acceptors (Lipinski definition) is 4. The van der Waals surface area contributed by atoms with Crippen molar-refractivity contribution in [3.05, 3.63) is 59.7 Å². The zero-order chi connectivity index (χ0) is 15.2. The maximum Gasteiger partial charge on any atom is 0.124 e. The smallest absolute Gasteiger partial charge is 0.124 e. The van der Waals surface area contributed by atoms with Gasteiger partial charge in [0.25, 0.3) is 0 Å². The van der Waals surface area contributed by atoms with Gasteiger partial charge in [-0.05, 0) is 37.6 Å². The molecule has 112 valence electrons. The van der Waals surface area contributed by atoms with Crippen LogP contribution in [-0.2, 0) is 0 Å². The first kappa shape index (κ1) is 15.4. The highest BCUT2D eigenvalue weighted by atomic mass is 16.5. The topological polar surface area (TPSA) is 56.5 Å². The molecule has 3 N–H and O–H groups in total. The second-order valence-corrected chi connectivity index (χ2v) is 5.08. The first-order chi connectivity index (χ1) is 10.2. The quantitative estimate of drug-likeness (QED) is 0.633. The molecule has 2 aromatic rings. The van der Waals surface area contributed by atoms with E-state index in [0.717, 1.165) is 22.6 Å². The molecule has 2 rings (SSSR count). The lowest BCUT2D eigenvalue weighted by Gasteiger charge is -2.20. The lowest BCUT2D eigenvalue weighted by atomic mass is 9.98. The van der Waals surface area contributed by atoms with Crippen molar-refractivity contribution in [3.8, 4) is 11.5 Å². The minimum Gasteiger partial charge on any atom is -0.496 e. The van der Waals surface area contributed by atoms with Gasteiger partial charge in [0.2, 0.25) is 0 Å². The summed E-state index contributed by atoms with van der Waals surface area (Å²) < 4.78 is 11.2. The summed E-state index contributed by atoms with van der Waals surface area (Å²) >= 11 is 0. The predicted molar refractivity (Wildman–Crippen MR) is 84.4 cm³/mol. The molecule has 2 aromatic carbocycles. The lowest BCUT2D eigenvalue weighted by molar-refractivity contribution is 0.242. The van der Waals surface area contributed by atoms with Gasteiger partial charge in [-0.15, -0.1) is 0 Å². The summed E-state index contributed by atoms with van der Waals surface area (Å²) in [6, 6.07) is 15.6. The van der Waals surface area contributed by atoms with Gasteiger partial charge < -0.3 is 9.47 Å². The Kier molecular flexibility index (Phi) is 5.20. The average Bonchev–Trinajstić information content (AvgIpc) is 2.48. The summed E-state index contributed by atoms with van der Waals surface area (Å²) in [6.07, 6.45) is 0.135. The number of ether oxygens (including phenoxy) is 2. The van der Waals surface area contributed by atoms with Crippen molar-refractivity contribution in [2.75, 3.05) is 7.11 Å². The molecule has 0 aromatic heterocycles. The highest BCUT2D eigenvalue weighted by molar-refractivity contribution is 5.43. The monoisotopic (exact) mass is 286 g/mol. The number of para-hydroxylation sites is 1. The molecule has 1 unspecified atom stereocenters. The third-order valence-corrected chi connectivity index (χ3v) is 3.18. The van der Waals surface area contributed by atoms with Crippen LogP contribution in [0.2, 0.25) is 0 Å².